The monoisotopic (exact) mass is 329 g/mol. The summed E-state index contributed by atoms with van der Waals surface area (Å²) in [4.78, 5) is 22.2. The Morgan fingerprint density at radius 1 is 1.36 bits per heavy atom. The topological polar surface area (TPSA) is 101 Å². The molecule has 0 aromatic heterocycles. The second-order valence-corrected chi connectivity index (χ2v) is 7.04. The number of methoxy groups -OCH3 is 1. The van der Waals surface area contributed by atoms with Crippen LogP contribution in [0.1, 0.15) is 22.8 Å². The molecule has 1 unspecified atom stereocenters. The average molecular weight is 329 g/mol. The van der Waals surface area contributed by atoms with E-state index in [0.29, 0.717) is 5.56 Å². The predicted molar refractivity (Wildman–Crippen MR) is 79.8 cm³/mol. The fourth-order valence-corrected chi connectivity index (χ4v) is 3.08. The van der Waals surface area contributed by atoms with E-state index in [4.69, 9.17) is 5.11 Å². The lowest BCUT2D eigenvalue weighted by atomic mass is 10.1. The van der Waals surface area contributed by atoms with Gasteiger partial charge >= 0.3 is 11.9 Å². The molecule has 7 nitrogen and oxygen atoms in total. The van der Waals surface area contributed by atoms with Crippen LogP contribution in [-0.4, -0.2) is 50.5 Å². The van der Waals surface area contributed by atoms with E-state index in [-0.39, 0.29) is 17.9 Å². The smallest absolute Gasteiger partial charge is 0.337 e. The first-order chi connectivity index (χ1) is 10.2. The van der Waals surface area contributed by atoms with Crippen molar-refractivity contribution < 1.29 is 27.9 Å². The molecule has 1 atom stereocenters. The van der Waals surface area contributed by atoms with Crippen LogP contribution in [0.3, 0.4) is 0 Å². The van der Waals surface area contributed by atoms with Gasteiger partial charge in [-0.1, -0.05) is 19.1 Å². The van der Waals surface area contributed by atoms with Gasteiger partial charge in [-0.05, 0) is 17.7 Å². The van der Waals surface area contributed by atoms with Crippen molar-refractivity contribution >= 4 is 22.0 Å². The van der Waals surface area contributed by atoms with Crippen LogP contribution < -0.4 is 0 Å². The standard InChI is InChI=1S/C14H19NO6S/c1-10(13(16)17)8-15(2)22(19,20)9-11-5-4-6-12(7-11)14(18)21-3/h4-7,10H,8-9H2,1-3H3,(H,16,17). The highest BCUT2D eigenvalue weighted by Gasteiger charge is 2.23. The first kappa shape index (κ1) is 18.1. The van der Waals surface area contributed by atoms with Crippen LogP contribution in [0.15, 0.2) is 24.3 Å². The van der Waals surface area contributed by atoms with Gasteiger partial charge in [0.15, 0.2) is 0 Å². The first-order valence-corrected chi connectivity index (χ1v) is 8.12. The molecule has 0 amide bonds. The lowest BCUT2D eigenvalue weighted by molar-refractivity contribution is -0.141. The SMILES string of the molecule is COC(=O)c1cccc(CS(=O)(=O)N(C)CC(C)C(=O)O)c1. The number of carbonyl (C=O) groups is 2. The number of hydrogen-bond donors (Lipinski definition) is 1. The molecule has 0 spiro atoms. The Hall–Kier alpha value is -1.93. The van der Waals surface area contributed by atoms with Crippen LogP contribution in [-0.2, 0) is 25.3 Å². The minimum atomic E-state index is -3.67. The minimum Gasteiger partial charge on any atom is -0.481 e. The van der Waals surface area contributed by atoms with Gasteiger partial charge in [-0.15, -0.1) is 0 Å². The summed E-state index contributed by atoms with van der Waals surface area (Å²) in [6, 6.07) is 6.12. The quantitative estimate of drug-likeness (QED) is 0.748. The number of benzene rings is 1. The van der Waals surface area contributed by atoms with Crippen molar-refractivity contribution in [3.63, 3.8) is 0 Å². The zero-order valence-electron chi connectivity index (χ0n) is 12.6. The Morgan fingerprint density at radius 3 is 2.55 bits per heavy atom. The van der Waals surface area contributed by atoms with E-state index in [2.05, 4.69) is 4.74 Å². The van der Waals surface area contributed by atoms with Crippen LogP contribution in [0.4, 0.5) is 0 Å². The molecule has 1 aromatic carbocycles. The molecule has 1 rings (SSSR count). The van der Waals surface area contributed by atoms with Gasteiger partial charge in [0.05, 0.1) is 24.3 Å². The summed E-state index contributed by atoms with van der Waals surface area (Å²) in [5.74, 6) is -2.73. The molecule has 0 aliphatic heterocycles. The first-order valence-electron chi connectivity index (χ1n) is 6.51. The van der Waals surface area contributed by atoms with E-state index in [1.54, 1.807) is 12.1 Å². The fourth-order valence-electron chi connectivity index (χ4n) is 1.80. The fraction of sp³-hybridized carbons (Fsp3) is 0.429. The predicted octanol–water partition coefficient (Wildman–Crippen LogP) is 0.956. The molecular formula is C14H19NO6S. The Kier molecular flexibility index (Phi) is 6.07. The maximum atomic E-state index is 12.2. The highest BCUT2D eigenvalue weighted by molar-refractivity contribution is 7.88. The van der Waals surface area contributed by atoms with Crippen molar-refractivity contribution in [3.8, 4) is 0 Å². The van der Waals surface area contributed by atoms with Gasteiger partial charge in [0.1, 0.15) is 0 Å². The third kappa shape index (κ3) is 4.81. The molecule has 0 bridgehead atoms. The molecule has 1 aromatic rings. The lowest BCUT2D eigenvalue weighted by Gasteiger charge is -2.19. The van der Waals surface area contributed by atoms with Crippen molar-refractivity contribution in [1.29, 1.82) is 0 Å². The molecule has 0 aliphatic carbocycles. The molecule has 0 saturated heterocycles. The summed E-state index contributed by atoms with van der Waals surface area (Å²) in [7, 11) is -1.10. The van der Waals surface area contributed by atoms with Gasteiger partial charge in [0.2, 0.25) is 10.0 Å². The van der Waals surface area contributed by atoms with Gasteiger partial charge in [-0.3, -0.25) is 4.79 Å². The van der Waals surface area contributed by atoms with E-state index >= 15 is 0 Å². The van der Waals surface area contributed by atoms with Crippen LogP contribution in [0.25, 0.3) is 0 Å². The number of carboxylic acids is 1. The molecule has 1 N–H and O–H groups in total. The molecule has 0 saturated carbocycles. The largest absolute Gasteiger partial charge is 0.481 e. The Morgan fingerprint density at radius 2 is 2.00 bits per heavy atom. The molecular weight excluding hydrogens is 310 g/mol. The highest BCUT2D eigenvalue weighted by atomic mass is 32.2. The van der Waals surface area contributed by atoms with Crippen LogP contribution in [0.2, 0.25) is 0 Å². The number of hydrogen-bond acceptors (Lipinski definition) is 5. The van der Waals surface area contributed by atoms with E-state index in [0.717, 1.165) is 4.31 Å². The molecule has 22 heavy (non-hydrogen) atoms. The molecule has 122 valence electrons. The lowest BCUT2D eigenvalue weighted by Crippen LogP contribution is -2.34. The van der Waals surface area contributed by atoms with Crippen molar-refractivity contribution in [2.45, 2.75) is 12.7 Å². The second-order valence-electron chi connectivity index (χ2n) is 4.97. The Balaban J connectivity index is 2.88. The molecule has 0 heterocycles. The number of sulfonamides is 1. The van der Waals surface area contributed by atoms with Crippen LogP contribution in [0.5, 0.6) is 0 Å². The third-order valence-electron chi connectivity index (χ3n) is 3.12. The van der Waals surface area contributed by atoms with Crippen LogP contribution >= 0.6 is 0 Å². The summed E-state index contributed by atoms with van der Waals surface area (Å²) in [5, 5.41) is 8.84. The number of carboxylic acid groups (broad SMARTS) is 1. The second kappa shape index (κ2) is 7.37. The summed E-state index contributed by atoms with van der Waals surface area (Å²) >= 11 is 0. The van der Waals surface area contributed by atoms with Crippen molar-refractivity contribution in [2.75, 3.05) is 20.7 Å². The van der Waals surface area contributed by atoms with Gasteiger partial charge < -0.3 is 9.84 Å². The van der Waals surface area contributed by atoms with Crippen LogP contribution in [0, 0.1) is 5.92 Å². The van der Waals surface area contributed by atoms with Gasteiger partial charge in [-0.25, -0.2) is 17.5 Å². The number of nitrogens with zero attached hydrogens (tertiary/aromatic N) is 1. The summed E-state index contributed by atoms with van der Waals surface area (Å²) in [5.41, 5.74) is 0.689. The summed E-state index contributed by atoms with van der Waals surface area (Å²) in [6.07, 6.45) is 0. The Labute approximate surface area is 129 Å². The normalized spacial score (nSPS) is 12.9. The maximum absolute atomic E-state index is 12.2. The summed E-state index contributed by atoms with van der Waals surface area (Å²) < 4.78 is 30.0. The number of rotatable bonds is 7. The Bertz CT molecular complexity index is 655. The number of aliphatic carboxylic acids is 1. The van der Waals surface area contributed by atoms with Gasteiger partial charge in [-0.2, -0.15) is 0 Å². The van der Waals surface area contributed by atoms with Crippen molar-refractivity contribution in [1.82, 2.24) is 4.31 Å². The molecule has 0 fully saturated rings. The zero-order chi connectivity index (χ0) is 16.9. The van der Waals surface area contributed by atoms with E-state index < -0.39 is 27.9 Å². The number of esters is 1. The molecule has 8 heteroatoms. The minimum absolute atomic E-state index is 0.117. The van der Waals surface area contributed by atoms with Crippen molar-refractivity contribution in [3.05, 3.63) is 35.4 Å². The molecule has 0 radical (unpaired) electrons. The maximum Gasteiger partial charge on any atom is 0.337 e. The average Bonchev–Trinajstić information content (AvgIpc) is 2.45. The van der Waals surface area contributed by atoms with E-state index in [9.17, 15) is 18.0 Å². The molecule has 0 aliphatic rings. The zero-order valence-corrected chi connectivity index (χ0v) is 13.5. The number of carbonyl (C=O) groups excluding carboxylic acids is 1. The third-order valence-corrected chi connectivity index (χ3v) is 4.92. The van der Waals surface area contributed by atoms with E-state index in [1.807, 2.05) is 0 Å². The summed E-state index contributed by atoms with van der Waals surface area (Å²) in [6.45, 7) is 1.32. The van der Waals surface area contributed by atoms with Gasteiger partial charge in [0.25, 0.3) is 0 Å². The van der Waals surface area contributed by atoms with Gasteiger partial charge in [0, 0.05) is 13.6 Å². The van der Waals surface area contributed by atoms with Crippen molar-refractivity contribution in [2.24, 2.45) is 5.92 Å². The highest BCUT2D eigenvalue weighted by Crippen LogP contribution is 2.14. The van der Waals surface area contributed by atoms with E-state index in [1.165, 1.54) is 33.2 Å². The number of ether oxygens (including phenoxy) is 1.